The van der Waals surface area contributed by atoms with Gasteiger partial charge in [0.1, 0.15) is 4.21 Å². The number of rotatable bonds is 7. The van der Waals surface area contributed by atoms with Crippen molar-refractivity contribution >= 4 is 33.0 Å². The number of nitrogens with zero attached hydrogens (tertiary/aromatic N) is 2. The third kappa shape index (κ3) is 4.57. The molecular formula is C18H21N3O5S2. The topological polar surface area (TPSA) is 110 Å². The Kier molecular flexibility index (Phi) is 6.42. The molecule has 1 amide bonds. The summed E-state index contributed by atoms with van der Waals surface area (Å²) in [5.41, 5.74) is 0.255. The van der Waals surface area contributed by atoms with Crippen molar-refractivity contribution in [1.82, 2.24) is 9.62 Å². The molecule has 1 N–H and O–H groups in total. The summed E-state index contributed by atoms with van der Waals surface area (Å²) in [6, 6.07) is 8.56. The summed E-state index contributed by atoms with van der Waals surface area (Å²) in [5, 5.41) is 15.2. The lowest BCUT2D eigenvalue weighted by molar-refractivity contribution is -0.384. The number of thiophene rings is 1. The summed E-state index contributed by atoms with van der Waals surface area (Å²) in [7, 11) is -3.51. The lowest BCUT2D eigenvalue weighted by atomic mass is 10.0. The fourth-order valence-corrected chi connectivity index (χ4v) is 6.14. The molecule has 2 aromatic rings. The quantitative estimate of drug-likeness (QED) is 0.544. The predicted molar refractivity (Wildman–Crippen MR) is 106 cm³/mol. The van der Waals surface area contributed by atoms with Crippen molar-refractivity contribution in [2.45, 2.75) is 35.9 Å². The molecule has 0 saturated carbocycles. The number of piperidine rings is 1. The summed E-state index contributed by atoms with van der Waals surface area (Å²) >= 11 is 1.21. The van der Waals surface area contributed by atoms with Crippen molar-refractivity contribution in [3.05, 3.63) is 57.5 Å². The molecule has 0 radical (unpaired) electrons. The number of hydrogen-bond acceptors (Lipinski definition) is 6. The van der Waals surface area contributed by atoms with Crippen LogP contribution in [0.25, 0.3) is 0 Å². The second kappa shape index (κ2) is 8.80. The molecule has 2 heterocycles. The van der Waals surface area contributed by atoms with E-state index in [0.717, 1.165) is 19.3 Å². The van der Waals surface area contributed by atoms with Gasteiger partial charge in [0.25, 0.3) is 21.6 Å². The van der Waals surface area contributed by atoms with E-state index >= 15 is 0 Å². The molecule has 3 rings (SSSR count). The van der Waals surface area contributed by atoms with E-state index in [1.807, 2.05) is 0 Å². The normalized spacial score (nSPS) is 17.9. The minimum atomic E-state index is -3.51. The van der Waals surface area contributed by atoms with Gasteiger partial charge in [-0.2, -0.15) is 4.31 Å². The second-order valence-electron chi connectivity index (χ2n) is 6.55. The number of nitro groups is 1. The number of amides is 1. The van der Waals surface area contributed by atoms with Crippen molar-refractivity contribution in [2.75, 3.05) is 13.1 Å². The fraction of sp³-hybridized carbons (Fsp3) is 0.389. The van der Waals surface area contributed by atoms with Crippen LogP contribution in [0.3, 0.4) is 0 Å². The van der Waals surface area contributed by atoms with Gasteiger partial charge >= 0.3 is 0 Å². The molecule has 1 aliphatic heterocycles. The number of benzene rings is 1. The van der Waals surface area contributed by atoms with Gasteiger partial charge in [-0.05, 0) is 42.8 Å². The molecule has 0 bridgehead atoms. The molecule has 1 aromatic carbocycles. The first-order chi connectivity index (χ1) is 13.4. The Morgan fingerprint density at radius 1 is 1.25 bits per heavy atom. The summed E-state index contributed by atoms with van der Waals surface area (Å²) < 4.78 is 27.6. The smallest absolute Gasteiger partial charge is 0.269 e. The van der Waals surface area contributed by atoms with E-state index in [4.69, 9.17) is 0 Å². The second-order valence-corrected chi connectivity index (χ2v) is 9.61. The molecule has 0 spiro atoms. The van der Waals surface area contributed by atoms with Gasteiger partial charge in [-0.3, -0.25) is 14.9 Å². The Morgan fingerprint density at radius 3 is 2.64 bits per heavy atom. The highest BCUT2D eigenvalue weighted by atomic mass is 32.2. The van der Waals surface area contributed by atoms with E-state index < -0.39 is 14.9 Å². The third-order valence-electron chi connectivity index (χ3n) is 4.73. The molecule has 1 atom stereocenters. The highest BCUT2D eigenvalue weighted by molar-refractivity contribution is 7.91. The number of nitrogens with one attached hydrogen (secondary N) is 1. The molecule has 1 saturated heterocycles. The van der Waals surface area contributed by atoms with Crippen LogP contribution in [0.15, 0.2) is 46.0 Å². The van der Waals surface area contributed by atoms with Crippen LogP contribution in [-0.4, -0.2) is 42.7 Å². The predicted octanol–water partition coefficient (Wildman–Crippen LogP) is 3.02. The Balaban J connectivity index is 1.59. The van der Waals surface area contributed by atoms with E-state index in [0.29, 0.717) is 29.3 Å². The fourth-order valence-electron chi connectivity index (χ4n) is 3.29. The van der Waals surface area contributed by atoms with Gasteiger partial charge in [0.2, 0.25) is 0 Å². The zero-order valence-electron chi connectivity index (χ0n) is 15.1. The number of hydrogen-bond donors (Lipinski definition) is 1. The van der Waals surface area contributed by atoms with Gasteiger partial charge in [-0.25, -0.2) is 8.42 Å². The van der Waals surface area contributed by atoms with Crippen LogP contribution in [-0.2, 0) is 10.0 Å². The SMILES string of the molecule is O=C(NCCC1CCCCN1S(=O)(=O)c1cccs1)c1ccc([N+](=O)[O-])cc1. The summed E-state index contributed by atoms with van der Waals surface area (Å²) in [5.74, 6) is -0.335. The highest BCUT2D eigenvalue weighted by Gasteiger charge is 2.33. The summed E-state index contributed by atoms with van der Waals surface area (Å²) in [6.07, 6.45) is 3.06. The van der Waals surface area contributed by atoms with Crippen LogP contribution in [0.5, 0.6) is 0 Å². The third-order valence-corrected chi connectivity index (χ3v) is 8.06. The number of carbonyl (C=O) groups excluding carboxylic acids is 1. The van der Waals surface area contributed by atoms with Crippen molar-refractivity contribution in [3.63, 3.8) is 0 Å². The molecule has 1 aromatic heterocycles. The molecule has 0 aliphatic carbocycles. The Hall–Kier alpha value is -2.30. The van der Waals surface area contributed by atoms with E-state index in [1.54, 1.807) is 21.8 Å². The molecule has 10 heteroatoms. The molecule has 8 nitrogen and oxygen atoms in total. The first-order valence-electron chi connectivity index (χ1n) is 8.97. The maximum atomic E-state index is 12.9. The van der Waals surface area contributed by atoms with Crippen molar-refractivity contribution in [3.8, 4) is 0 Å². The lowest BCUT2D eigenvalue weighted by Crippen LogP contribution is -2.44. The van der Waals surface area contributed by atoms with E-state index in [2.05, 4.69) is 5.32 Å². The first kappa shape index (κ1) is 20.4. The zero-order chi connectivity index (χ0) is 20.1. The van der Waals surface area contributed by atoms with Gasteiger partial charge < -0.3 is 5.32 Å². The van der Waals surface area contributed by atoms with Crippen molar-refractivity contribution < 1.29 is 18.1 Å². The molecule has 1 aliphatic rings. The van der Waals surface area contributed by atoms with Crippen LogP contribution < -0.4 is 5.32 Å². The van der Waals surface area contributed by atoms with Gasteiger partial charge in [-0.15, -0.1) is 11.3 Å². The van der Waals surface area contributed by atoms with Gasteiger partial charge in [0.15, 0.2) is 0 Å². The average molecular weight is 424 g/mol. The van der Waals surface area contributed by atoms with Gasteiger partial charge in [-0.1, -0.05) is 12.5 Å². The summed E-state index contributed by atoms with van der Waals surface area (Å²) in [4.78, 5) is 22.4. The molecule has 1 fully saturated rings. The van der Waals surface area contributed by atoms with Crippen LogP contribution in [0.4, 0.5) is 5.69 Å². The lowest BCUT2D eigenvalue weighted by Gasteiger charge is -2.34. The standard InChI is InChI=1S/C18H21N3O5S2/c22-18(14-6-8-16(9-7-14)21(23)24)19-11-10-15-4-1-2-12-20(15)28(25,26)17-5-3-13-27-17/h3,5-9,13,15H,1-2,4,10-12H2,(H,19,22). The number of non-ortho nitro benzene ring substituents is 1. The van der Waals surface area contributed by atoms with Gasteiger partial charge in [0.05, 0.1) is 4.92 Å². The Morgan fingerprint density at radius 2 is 2.00 bits per heavy atom. The summed E-state index contributed by atoms with van der Waals surface area (Å²) in [6.45, 7) is 0.818. The maximum absolute atomic E-state index is 12.9. The molecule has 1 unspecified atom stereocenters. The highest BCUT2D eigenvalue weighted by Crippen LogP contribution is 2.29. The minimum absolute atomic E-state index is 0.0758. The van der Waals surface area contributed by atoms with Crippen LogP contribution in [0.2, 0.25) is 0 Å². The van der Waals surface area contributed by atoms with Gasteiger partial charge in [0, 0.05) is 36.8 Å². The Labute approximate surface area is 167 Å². The monoisotopic (exact) mass is 423 g/mol. The number of carbonyl (C=O) groups is 1. The van der Waals surface area contributed by atoms with E-state index in [9.17, 15) is 23.3 Å². The van der Waals surface area contributed by atoms with Crippen molar-refractivity contribution in [1.29, 1.82) is 0 Å². The molecule has 150 valence electrons. The minimum Gasteiger partial charge on any atom is -0.352 e. The largest absolute Gasteiger partial charge is 0.352 e. The van der Waals surface area contributed by atoms with E-state index in [-0.39, 0.29) is 17.6 Å². The Bertz CT molecular complexity index is 927. The first-order valence-corrected chi connectivity index (χ1v) is 11.3. The van der Waals surface area contributed by atoms with Crippen LogP contribution in [0.1, 0.15) is 36.0 Å². The van der Waals surface area contributed by atoms with Crippen LogP contribution >= 0.6 is 11.3 Å². The van der Waals surface area contributed by atoms with E-state index in [1.165, 1.54) is 35.6 Å². The maximum Gasteiger partial charge on any atom is 0.269 e. The number of nitro benzene ring substituents is 1. The average Bonchev–Trinajstić information content (AvgIpc) is 3.24. The van der Waals surface area contributed by atoms with Crippen LogP contribution in [0, 0.1) is 10.1 Å². The number of sulfonamides is 1. The molecule has 28 heavy (non-hydrogen) atoms. The molecular weight excluding hydrogens is 402 g/mol. The van der Waals surface area contributed by atoms with Crippen molar-refractivity contribution in [2.24, 2.45) is 0 Å². The zero-order valence-corrected chi connectivity index (χ0v) is 16.7.